The number of rotatable bonds is 7. The van der Waals surface area contributed by atoms with Crippen LogP contribution in [0.15, 0.2) is 28.6 Å². The van der Waals surface area contributed by atoms with Gasteiger partial charge in [0.05, 0.1) is 11.7 Å². The van der Waals surface area contributed by atoms with Crippen molar-refractivity contribution >= 4 is 55.8 Å². The highest BCUT2D eigenvalue weighted by molar-refractivity contribution is 8.01. The lowest BCUT2D eigenvalue weighted by Crippen LogP contribution is -2.44. The Balaban J connectivity index is 1.61. The molecule has 7 nitrogen and oxygen atoms in total. The van der Waals surface area contributed by atoms with E-state index in [1.807, 2.05) is 6.92 Å². The maximum Gasteiger partial charge on any atom is 0.230 e. The smallest absolute Gasteiger partial charge is 0.230 e. The zero-order chi connectivity index (χ0) is 20.1. The predicted molar refractivity (Wildman–Crippen MR) is 113 cm³/mol. The molecule has 152 valence electrons. The van der Waals surface area contributed by atoms with E-state index in [1.165, 1.54) is 15.6 Å². The van der Waals surface area contributed by atoms with E-state index in [0.717, 1.165) is 10.1 Å². The number of nitrogens with zero attached hydrogens (tertiary/aromatic N) is 3. The first-order valence-electron chi connectivity index (χ1n) is 8.87. The van der Waals surface area contributed by atoms with Crippen molar-refractivity contribution in [2.24, 2.45) is 5.92 Å². The molecule has 3 rings (SSSR count). The average molecular weight is 461 g/mol. The second kappa shape index (κ2) is 9.53. The largest absolute Gasteiger partial charge is 0.300 e. The second-order valence-corrected chi connectivity index (χ2v) is 11.3. The third-order valence-corrected chi connectivity index (χ3v) is 8.24. The molecule has 2 heterocycles. The monoisotopic (exact) mass is 460 g/mol. The molecule has 1 N–H and O–H groups in total. The molecule has 0 unspecified atom stereocenters. The first kappa shape index (κ1) is 21.5. The molecule has 1 saturated heterocycles. The minimum Gasteiger partial charge on any atom is -0.300 e. The molecule has 1 atom stereocenters. The molecule has 1 aliphatic rings. The number of sulfonamides is 1. The molecule has 1 aromatic heterocycles. The molecule has 1 amide bonds. The van der Waals surface area contributed by atoms with Gasteiger partial charge < -0.3 is 5.32 Å². The van der Waals surface area contributed by atoms with Crippen molar-refractivity contribution in [1.29, 1.82) is 0 Å². The van der Waals surface area contributed by atoms with Crippen molar-refractivity contribution in [3.63, 3.8) is 0 Å². The molecule has 28 heavy (non-hydrogen) atoms. The highest BCUT2D eigenvalue weighted by Crippen LogP contribution is 2.27. The lowest BCUT2D eigenvalue weighted by molar-refractivity contribution is -0.120. The Morgan fingerprint density at radius 2 is 2.11 bits per heavy atom. The number of amides is 1. The summed E-state index contributed by atoms with van der Waals surface area (Å²) in [7, 11) is -3.51. The van der Waals surface area contributed by atoms with Crippen molar-refractivity contribution in [2.75, 3.05) is 24.2 Å². The van der Waals surface area contributed by atoms with Crippen LogP contribution in [0.4, 0.5) is 5.13 Å². The number of anilines is 1. The molecule has 2 aromatic rings. The maximum absolute atomic E-state index is 12.8. The zero-order valence-electron chi connectivity index (χ0n) is 15.3. The molecule has 0 radical (unpaired) electrons. The van der Waals surface area contributed by atoms with Crippen molar-refractivity contribution < 1.29 is 13.2 Å². The fourth-order valence-corrected chi connectivity index (χ4v) is 6.33. The van der Waals surface area contributed by atoms with Crippen LogP contribution in [0.2, 0.25) is 5.02 Å². The van der Waals surface area contributed by atoms with Gasteiger partial charge in [-0.15, -0.1) is 10.2 Å². The molecule has 0 aliphatic carbocycles. The van der Waals surface area contributed by atoms with E-state index >= 15 is 0 Å². The Bertz CT molecular complexity index is 918. The van der Waals surface area contributed by atoms with E-state index in [4.69, 9.17) is 11.6 Å². The quantitative estimate of drug-likeness (QED) is 0.502. The Morgan fingerprint density at radius 1 is 1.36 bits per heavy atom. The number of hydrogen-bond donors (Lipinski definition) is 1. The number of carbonyl (C=O) groups excluding carboxylic acids is 1. The molecule has 1 aromatic carbocycles. The van der Waals surface area contributed by atoms with Gasteiger partial charge in [-0.25, -0.2) is 12.7 Å². The molecular weight excluding hydrogens is 440 g/mol. The Morgan fingerprint density at radius 3 is 2.82 bits per heavy atom. The van der Waals surface area contributed by atoms with Crippen LogP contribution in [0.1, 0.15) is 25.3 Å². The van der Waals surface area contributed by atoms with Gasteiger partial charge in [-0.05, 0) is 36.3 Å². The third kappa shape index (κ3) is 5.66. The van der Waals surface area contributed by atoms with Gasteiger partial charge in [0.25, 0.3) is 0 Å². The number of piperidine rings is 1. The summed E-state index contributed by atoms with van der Waals surface area (Å²) in [5, 5.41) is 11.8. The topological polar surface area (TPSA) is 92.3 Å². The fraction of sp³-hybridized carbons (Fsp3) is 0.471. The van der Waals surface area contributed by atoms with Crippen LogP contribution in [-0.4, -0.2) is 47.7 Å². The molecule has 11 heteroatoms. The van der Waals surface area contributed by atoms with Gasteiger partial charge in [0, 0.05) is 18.1 Å². The Kier molecular flexibility index (Phi) is 7.32. The number of carbonyl (C=O) groups is 1. The molecule has 0 bridgehead atoms. The summed E-state index contributed by atoms with van der Waals surface area (Å²) in [5.41, 5.74) is 0.672. The Hall–Kier alpha value is -1.20. The van der Waals surface area contributed by atoms with Gasteiger partial charge in [0.15, 0.2) is 4.34 Å². The summed E-state index contributed by atoms with van der Waals surface area (Å²) in [4.78, 5) is 12.6. The first-order valence-corrected chi connectivity index (χ1v) is 12.7. The molecule has 1 aliphatic heterocycles. The van der Waals surface area contributed by atoms with Crippen LogP contribution >= 0.6 is 34.7 Å². The van der Waals surface area contributed by atoms with Crippen LogP contribution in [0.25, 0.3) is 0 Å². The fourth-order valence-electron chi connectivity index (χ4n) is 2.94. The molecule has 0 saturated carbocycles. The molecular formula is C17H21ClN4O3S3. The number of nitrogens with one attached hydrogen (secondary N) is 1. The number of aromatic nitrogens is 2. The van der Waals surface area contributed by atoms with Crippen LogP contribution < -0.4 is 5.32 Å². The van der Waals surface area contributed by atoms with E-state index in [-0.39, 0.29) is 18.2 Å². The number of halogens is 1. The minimum absolute atomic E-state index is 0.105. The highest BCUT2D eigenvalue weighted by Gasteiger charge is 2.32. The number of thioether (sulfide) groups is 1. The second-order valence-electron chi connectivity index (χ2n) is 6.38. The van der Waals surface area contributed by atoms with Crippen molar-refractivity contribution in [3.8, 4) is 0 Å². The van der Waals surface area contributed by atoms with E-state index in [0.29, 0.717) is 35.1 Å². The summed E-state index contributed by atoms with van der Waals surface area (Å²) in [6, 6.07) is 6.75. The summed E-state index contributed by atoms with van der Waals surface area (Å²) in [5.74, 6) is 0.161. The van der Waals surface area contributed by atoms with E-state index in [2.05, 4.69) is 15.5 Å². The van der Waals surface area contributed by atoms with Gasteiger partial charge in [-0.2, -0.15) is 0 Å². The van der Waals surface area contributed by atoms with Crippen molar-refractivity contribution in [1.82, 2.24) is 14.5 Å². The molecule has 1 fully saturated rings. The SMILES string of the molecule is CCSc1nnc(NC(=O)[C@@H]2CCCN(S(=O)(=O)Cc3ccc(Cl)cc3)C2)s1. The average Bonchev–Trinajstić information content (AvgIpc) is 3.11. The van der Waals surface area contributed by atoms with Crippen LogP contribution in [0.3, 0.4) is 0 Å². The van der Waals surface area contributed by atoms with Crippen LogP contribution in [-0.2, 0) is 20.6 Å². The van der Waals surface area contributed by atoms with Crippen LogP contribution in [0, 0.1) is 5.92 Å². The Labute approximate surface area is 177 Å². The number of benzene rings is 1. The molecule has 0 spiro atoms. The normalized spacial score (nSPS) is 18.1. The summed E-state index contributed by atoms with van der Waals surface area (Å²) in [6.07, 6.45) is 1.29. The van der Waals surface area contributed by atoms with Gasteiger partial charge in [0.2, 0.25) is 21.1 Å². The number of hydrogen-bond acceptors (Lipinski definition) is 7. The van der Waals surface area contributed by atoms with Crippen LogP contribution in [0.5, 0.6) is 0 Å². The van der Waals surface area contributed by atoms with E-state index < -0.39 is 15.9 Å². The summed E-state index contributed by atoms with van der Waals surface area (Å²) < 4.78 is 27.8. The predicted octanol–water partition coefficient (Wildman–Crippen LogP) is 3.48. The van der Waals surface area contributed by atoms with Gasteiger partial charge in [-0.3, -0.25) is 4.79 Å². The van der Waals surface area contributed by atoms with Crippen molar-refractivity contribution in [2.45, 2.75) is 29.9 Å². The standard InChI is InChI=1S/C17H21ClN4O3S3/c1-2-26-17-21-20-16(27-17)19-15(23)13-4-3-9-22(10-13)28(24,25)11-12-5-7-14(18)8-6-12/h5-8,13H,2-4,9-11H2,1H3,(H,19,20,23)/t13-/m1/s1. The summed E-state index contributed by atoms with van der Waals surface area (Å²) >= 11 is 8.74. The minimum atomic E-state index is -3.51. The van der Waals surface area contributed by atoms with E-state index in [9.17, 15) is 13.2 Å². The lowest BCUT2D eigenvalue weighted by Gasteiger charge is -2.31. The van der Waals surface area contributed by atoms with Gasteiger partial charge >= 0.3 is 0 Å². The zero-order valence-corrected chi connectivity index (χ0v) is 18.5. The lowest BCUT2D eigenvalue weighted by atomic mass is 9.99. The van der Waals surface area contributed by atoms with Gasteiger partial charge in [0.1, 0.15) is 0 Å². The summed E-state index contributed by atoms with van der Waals surface area (Å²) in [6.45, 7) is 2.62. The maximum atomic E-state index is 12.8. The van der Waals surface area contributed by atoms with Crippen molar-refractivity contribution in [3.05, 3.63) is 34.9 Å². The third-order valence-electron chi connectivity index (χ3n) is 4.32. The highest BCUT2D eigenvalue weighted by atomic mass is 35.5. The van der Waals surface area contributed by atoms with Gasteiger partial charge in [-0.1, -0.05) is 53.8 Å². The first-order chi connectivity index (χ1) is 13.4. The van der Waals surface area contributed by atoms with E-state index in [1.54, 1.807) is 36.0 Å².